The third-order valence-electron chi connectivity index (χ3n) is 5.09. The highest BCUT2D eigenvalue weighted by Crippen LogP contribution is 2.49. The summed E-state index contributed by atoms with van der Waals surface area (Å²) >= 11 is 0. The molecule has 4 nitrogen and oxygen atoms in total. The van der Waals surface area contributed by atoms with Crippen LogP contribution in [0.4, 0.5) is 10.2 Å². The molecule has 1 aliphatic heterocycles. The molecule has 0 spiro atoms. The van der Waals surface area contributed by atoms with E-state index in [2.05, 4.69) is 17.1 Å². The summed E-state index contributed by atoms with van der Waals surface area (Å²) in [6.07, 6.45) is 3.61. The second-order valence-corrected chi connectivity index (χ2v) is 6.75. The highest BCUT2D eigenvalue weighted by Gasteiger charge is 2.47. The van der Waals surface area contributed by atoms with Crippen LogP contribution in [0.1, 0.15) is 30.7 Å². The Morgan fingerprint density at radius 1 is 1.12 bits per heavy atom. The van der Waals surface area contributed by atoms with Gasteiger partial charge in [-0.3, -0.25) is 9.69 Å². The zero-order valence-corrected chi connectivity index (χ0v) is 14.0. The lowest BCUT2D eigenvalue weighted by molar-refractivity contribution is -0.120. The number of aromatic nitrogens is 1. The molecule has 0 unspecified atom stereocenters. The number of hydrogen-bond acceptors (Lipinski definition) is 3. The Morgan fingerprint density at radius 2 is 1.88 bits per heavy atom. The molecule has 2 aromatic rings. The van der Waals surface area contributed by atoms with Crippen molar-refractivity contribution in [1.82, 2.24) is 4.98 Å². The van der Waals surface area contributed by atoms with E-state index >= 15 is 0 Å². The van der Waals surface area contributed by atoms with Crippen LogP contribution in [0.25, 0.3) is 0 Å². The molecular weight excluding hydrogens is 319 g/mol. The highest BCUT2D eigenvalue weighted by molar-refractivity contribution is 5.97. The quantitative estimate of drug-likeness (QED) is 0.855. The number of amides is 1. The van der Waals surface area contributed by atoms with Crippen LogP contribution in [0.5, 0.6) is 0 Å². The van der Waals surface area contributed by atoms with Gasteiger partial charge in [-0.25, -0.2) is 9.37 Å². The van der Waals surface area contributed by atoms with E-state index in [1.54, 1.807) is 11.0 Å². The lowest BCUT2D eigenvalue weighted by Crippen LogP contribution is -2.45. The van der Waals surface area contributed by atoms with Gasteiger partial charge in [0.15, 0.2) is 0 Å². The number of hydrogen-bond donors (Lipinski definition) is 0. The van der Waals surface area contributed by atoms with E-state index in [1.165, 1.54) is 17.8 Å². The fraction of sp³-hybridized carbons (Fsp3) is 0.400. The largest absolute Gasteiger partial charge is 0.381 e. The zero-order chi connectivity index (χ0) is 17.2. The molecule has 1 aliphatic carbocycles. The second-order valence-electron chi connectivity index (χ2n) is 6.75. The standard InChI is InChI=1S/C20H21FN2O2/c21-15-6-7-19(22-13-15)23(16-8-10-25-11-9-16)20(24)18-12-17(18)14-4-2-1-3-5-14/h1-7,13,16-18H,8-12H2/t17-,18+/m0/s1. The first kappa shape index (κ1) is 16.2. The number of ether oxygens (including phenoxy) is 1. The van der Waals surface area contributed by atoms with Gasteiger partial charge in [0, 0.05) is 25.2 Å². The van der Waals surface area contributed by atoms with Crippen molar-refractivity contribution < 1.29 is 13.9 Å². The molecular formula is C20H21FN2O2. The average Bonchev–Trinajstić information content (AvgIpc) is 3.46. The van der Waals surface area contributed by atoms with Crippen molar-refractivity contribution in [2.75, 3.05) is 18.1 Å². The van der Waals surface area contributed by atoms with Gasteiger partial charge in [0.25, 0.3) is 0 Å². The molecule has 0 bridgehead atoms. The van der Waals surface area contributed by atoms with Crippen molar-refractivity contribution in [3.8, 4) is 0 Å². The Morgan fingerprint density at radius 3 is 2.56 bits per heavy atom. The number of nitrogens with zero attached hydrogens (tertiary/aromatic N) is 2. The van der Waals surface area contributed by atoms with Crippen molar-refractivity contribution in [2.45, 2.75) is 31.2 Å². The first-order chi connectivity index (χ1) is 12.2. The molecule has 1 aromatic carbocycles. The van der Waals surface area contributed by atoms with Crippen molar-refractivity contribution in [3.05, 3.63) is 60.0 Å². The maximum absolute atomic E-state index is 13.3. The summed E-state index contributed by atoms with van der Waals surface area (Å²) in [4.78, 5) is 19.2. The van der Waals surface area contributed by atoms with E-state index in [1.807, 2.05) is 18.2 Å². The SMILES string of the molecule is O=C([C@@H]1C[C@H]1c1ccccc1)N(c1ccc(F)cn1)C1CCOCC1. The second kappa shape index (κ2) is 6.92. The maximum atomic E-state index is 13.3. The smallest absolute Gasteiger partial charge is 0.232 e. The van der Waals surface area contributed by atoms with E-state index in [9.17, 15) is 9.18 Å². The molecule has 25 heavy (non-hydrogen) atoms. The van der Waals surface area contributed by atoms with Gasteiger partial charge in [0.2, 0.25) is 5.91 Å². The molecule has 1 amide bonds. The predicted molar refractivity (Wildman–Crippen MR) is 92.8 cm³/mol. The molecule has 2 atom stereocenters. The fourth-order valence-electron chi connectivity index (χ4n) is 3.65. The third kappa shape index (κ3) is 3.42. The molecule has 1 saturated carbocycles. The van der Waals surface area contributed by atoms with Crippen molar-refractivity contribution in [2.24, 2.45) is 5.92 Å². The Balaban J connectivity index is 1.57. The van der Waals surface area contributed by atoms with Gasteiger partial charge in [-0.05, 0) is 42.9 Å². The van der Waals surface area contributed by atoms with Gasteiger partial charge in [0.1, 0.15) is 11.6 Å². The summed E-state index contributed by atoms with van der Waals surface area (Å²) in [6.45, 7) is 1.28. The van der Waals surface area contributed by atoms with E-state index in [0.29, 0.717) is 19.0 Å². The lowest BCUT2D eigenvalue weighted by atomic mass is 10.0. The summed E-state index contributed by atoms with van der Waals surface area (Å²) in [6, 6.07) is 13.2. The van der Waals surface area contributed by atoms with Gasteiger partial charge in [0.05, 0.1) is 6.20 Å². The minimum absolute atomic E-state index is 0.0166. The third-order valence-corrected chi connectivity index (χ3v) is 5.09. The summed E-state index contributed by atoms with van der Waals surface area (Å²) < 4.78 is 18.7. The van der Waals surface area contributed by atoms with Gasteiger partial charge in [-0.1, -0.05) is 30.3 Å². The number of rotatable bonds is 4. The number of anilines is 1. The monoisotopic (exact) mass is 340 g/mol. The Hall–Kier alpha value is -2.27. The van der Waals surface area contributed by atoms with Crippen molar-refractivity contribution in [1.29, 1.82) is 0 Å². The molecule has 1 aromatic heterocycles. The minimum atomic E-state index is -0.392. The van der Waals surface area contributed by atoms with Gasteiger partial charge >= 0.3 is 0 Å². The molecule has 1 saturated heterocycles. The van der Waals surface area contributed by atoms with Crippen LogP contribution in [0.15, 0.2) is 48.7 Å². The lowest BCUT2D eigenvalue weighted by Gasteiger charge is -2.33. The summed E-state index contributed by atoms with van der Waals surface area (Å²) in [5, 5.41) is 0. The van der Waals surface area contributed by atoms with Crippen LogP contribution in [0.2, 0.25) is 0 Å². The van der Waals surface area contributed by atoms with Crippen molar-refractivity contribution in [3.63, 3.8) is 0 Å². The predicted octanol–water partition coefficient (Wildman–Crippen LogP) is 3.54. The number of carbonyl (C=O) groups is 1. The van der Waals surface area contributed by atoms with E-state index < -0.39 is 5.82 Å². The molecule has 0 radical (unpaired) electrons. The first-order valence-corrected chi connectivity index (χ1v) is 8.81. The maximum Gasteiger partial charge on any atom is 0.232 e. The molecule has 2 heterocycles. The first-order valence-electron chi connectivity index (χ1n) is 8.81. The number of halogens is 1. The zero-order valence-electron chi connectivity index (χ0n) is 14.0. The number of pyridine rings is 1. The Labute approximate surface area is 146 Å². The Kier molecular flexibility index (Phi) is 4.49. The van der Waals surface area contributed by atoms with E-state index in [-0.39, 0.29) is 23.8 Å². The van der Waals surface area contributed by atoms with Crippen molar-refractivity contribution >= 4 is 11.7 Å². The van der Waals surface area contributed by atoms with E-state index in [4.69, 9.17) is 4.74 Å². The van der Waals surface area contributed by atoms with Crippen LogP contribution in [-0.2, 0) is 9.53 Å². The minimum Gasteiger partial charge on any atom is -0.381 e. The fourth-order valence-corrected chi connectivity index (χ4v) is 3.65. The molecule has 5 heteroatoms. The van der Waals surface area contributed by atoms with E-state index in [0.717, 1.165) is 19.3 Å². The molecule has 130 valence electrons. The van der Waals surface area contributed by atoms with Gasteiger partial charge in [-0.15, -0.1) is 0 Å². The molecule has 4 rings (SSSR count). The highest BCUT2D eigenvalue weighted by atomic mass is 19.1. The van der Waals surface area contributed by atoms with Gasteiger partial charge < -0.3 is 4.74 Å². The summed E-state index contributed by atoms with van der Waals surface area (Å²) in [5.41, 5.74) is 1.21. The van der Waals surface area contributed by atoms with Crippen LogP contribution >= 0.6 is 0 Å². The topological polar surface area (TPSA) is 42.4 Å². The summed E-state index contributed by atoms with van der Waals surface area (Å²) in [7, 11) is 0. The van der Waals surface area contributed by atoms with Gasteiger partial charge in [-0.2, -0.15) is 0 Å². The summed E-state index contributed by atoms with van der Waals surface area (Å²) in [5.74, 6) is 0.502. The average molecular weight is 340 g/mol. The molecule has 0 N–H and O–H groups in total. The molecule has 2 fully saturated rings. The van der Waals surface area contributed by atoms with Crippen LogP contribution in [0.3, 0.4) is 0 Å². The normalized spacial score (nSPS) is 23.2. The van der Waals surface area contributed by atoms with Crippen LogP contribution < -0.4 is 4.90 Å². The van der Waals surface area contributed by atoms with Crippen LogP contribution in [0, 0.1) is 11.7 Å². The number of benzene rings is 1. The molecule has 2 aliphatic rings. The Bertz CT molecular complexity index is 729. The van der Waals surface area contributed by atoms with Crippen LogP contribution in [-0.4, -0.2) is 30.1 Å². The number of carbonyl (C=O) groups excluding carboxylic acids is 1.